The van der Waals surface area contributed by atoms with Gasteiger partial charge in [0.2, 0.25) is 0 Å². The predicted octanol–water partition coefficient (Wildman–Crippen LogP) is 3.26. The summed E-state index contributed by atoms with van der Waals surface area (Å²) in [5.41, 5.74) is 0.244. The van der Waals surface area contributed by atoms with Crippen LogP contribution in [0.4, 0.5) is 0 Å². The predicted molar refractivity (Wildman–Crippen MR) is 74.1 cm³/mol. The Morgan fingerprint density at radius 1 is 1.50 bits per heavy atom. The Hall–Kier alpha value is 0.1000. The van der Waals surface area contributed by atoms with Gasteiger partial charge in [0, 0.05) is 36.1 Å². The van der Waals surface area contributed by atoms with Gasteiger partial charge in [0.1, 0.15) is 0 Å². The third kappa shape index (κ3) is 2.50. The standard InChI is InChI=1S/C12H19BrN2S/c1-9(10-4-5-11(13)16-10)15-7-6-14-8-12(15,2)3/h4-5,9,14H,6-8H2,1-3H3. The molecule has 0 amide bonds. The monoisotopic (exact) mass is 302 g/mol. The number of halogens is 1. The van der Waals surface area contributed by atoms with Gasteiger partial charge in [0.25, 0.3) is 0 Å². The van der Waals surface area contributed by atoms with Gasteiger partial charge in [-0.2, -0.15) is 0 Å². The molecule has 4 heteroatoms. The topological polar surface area (TPSA) is 15.3 Å². The van der Waals surface area contributed by atoms with E-state index >= 15 is 0 Å². The highest BCUT2D eigenvalue weighted by Gasteiger charge is 2.33. The van der Waals surface area contributed by atoms with Gasteiger partial charge in [0.05, 0.1) is 3.79 Å². The molecular weight excluding hydrogens is 284 g/mol. The van der Waals surface area contributed by atoms with Crippen molar-refractivity contribution in [3.63, 3.8) is 0 Å². The van der Waals surface area contributed by atoms with Crippen LogP contribution >= 0.6 is 27.3 Å². The van der Waals surface area contributed by atoms with Crippen LogP contribution in [0.25, 0.3) is 0 Å². The third-order valence-corrected chi connectivity index (χ3v) is 5.13. The number of hydrogen-bond acceptors (Lipinski definition) is 3. The molecule has 1 aliphatic heterocycles. The summed E-state index contributed by atoms with van der Waals surface area (Å²) in [6.07, 6.45) is 0. The van der Waals surface area contributed by atoms with Crippen molar-refractivity contribution in [2.24, 2.45) is 0 Å². The lowest BCUT2D eigenvalue weighted by atomic mass is 9.97. The summed E-state index contributed by atoms with van der Waals surface area (Å²) < 4.78 is 1.22. The van der Waals surface area contributed by atoms with Crippen molar-refractivity contribution in [2.75, 3.05) is 19.6 Å². The van der Waals surface area contributed by atoms with E-state index < -0.39 is 0 Å². The average molecular weight is 303 g/mol. The van der Waals surface area contributed by atoms with Gasteiger partial charge in [-0.3, -0.25) is 4.90 Å². The first-order chi connectivity index (χ1) is 7.50. The van der Waals surface area contributed by atoms with Crippen molar-refractivity contribution in [1.82, 2.24) is 10.2 Å². The molecule has 2 nitrogen and oxygen atoms in total. The van der Waals surface area contributed by atoms with Crippen molar-refractivity contribution < 1.29 is 0 Å². The Labute approximate surface area is 110 Å². The molecule has 2 rings (SSSR count). The van der Waals surface area contributed by atoms with Crippen LogP contribution < -0.4 is 5.32 Å². The highest BCUT2D eigenvalue weighted by atomic mass is 79.9. The maximum atomic E-state index is 3.54. The first kappa shape index (κ1) is 12.6. The summed E-state index contributed by atoms with van der Waals surface area (Å²) >= 11 is 5.39. The van der Waals surface area contributed by atoms with E-state index in [0.29, 0.717) is 6.04 Å². The largest absolute Gasteiger partial charge is 0.314 e. The molecular formula is C12H19BrN2S. The van der Waals surface area contributed by atoms with E-state index in [-0.39, 0.29) is 5.54 Å². The molecule has 0 radical (unpaired) electrons. The van der Waals surface area contributed by atoms with Crippen LogP contribution in [-0.4, -0.2) is 30.1 Å². The van der Waals surface area contributed by atoms with Crippen LogP contribution in [0.3, 0.4) is 0 Å². The summed E-state index contributed by atoms with van der Waals surface area (Å²) in [5, 5.41) is 3.47. The van der Waals surface area contributed by atoms with Crippen LogP contribution in [0.1, 0.15) is 31.7 Å². The quantitative estimate of drug-likeness (QED) is 0.902. The Balaban J connectivity index is 2.17. The zero-order valence-electron chi connectivity index (χ0n) is 10.1. The summed E-state index contributed by atoms with van der Waals surface area (Å²) in [6, 6.07) is 4.89. The van der Waals surface area contributed by atoms with Crippen molar-refractivity contribution in [2.45, 2.75) is 32.4 Å². The number of thiophene rings is 1. The molecule has 1 fully saturated rings. The lowest BCUT2D eigenvalue weighted by molar-refractivity contribution is 0.0531. The Kier molecular flexibility index (Phi) is 3.74. The van der Waals surface area contributed by atoms with Gasteiger partial charge in [-0.25, -0.2) is 0 Å². The maximum absolute atomic E-state index is 3.54. The zero-order valence-corrected chi connectivity index (χ0v) is 12.5. The van der Waals surface area contributed by atoms with E-state index in [2.05, 4.69) is 59.1 Å². The minimum absolute atomic E-state index is 0.244. The summed E-state index contributed by atoms with van der Waals surface area (Å²) in [4.78, 5) is 4.05. The first-order valence-electron chi connectivity index (χ1n) is 5.73. The van der Waals surface area contributed by atoms with Gasteiger partial charge in [-0.1, -0.05) is 0 Å². The zero-order chi connectivity index (χ0) is 11.8. The smallest absolute Gasteiger partial charge is 0.0701 e. The Morgan fingerprint density at radius 2 is 2.25 bits per heavy atom. The molecule has 1 aromatic heterocycles. The SMILES string of the molecule is CC(c1ccc(Br)s1)N1CCNCC1(C)C. The van der Waals surface area contributed by atoms with E-state index in [1.807, 2.05) is 11.3 Å². The summed E-state index contributed by atoms with van der Waals surface area (Å²) in [7, 11) is 0. The van der Waals surface area contributed by atoms with Gasteiger partial charge in [-0.15, -0.1) is 11.3 Å². The Morgan fingerprint density at radius 3 is 2.81 bits per heavy atom. The lowest BCUT2D eigenvalue weighted by Gasteiger charge is -2.46. The third-order valence-electron chi connectivity index (χ3n) is 3.34. The first-order valence-corrected chi connectivity index (χ1v) is 7.34. The molecule has 1 saturated heterocycles. The van der Waals surface area contributed by atoms with E-state index in [0.717, 1.165) is 19.6 Å². The average Bonchev–Trinajstić information content (AvgIpc) is 2.63. The molecule has 16 heavy (non-hydrogen) atoms. The van der Waals surface area contributed by atoms with Crippen LogP contribution in [-0.2, 0) is 0 Å². The summed E-state index contributed by atoms with van der Waals surface area (Å²) in [6.45, 7) is 10.2. The molecule has 90 valence electrons. The van der Waals surface area contributed by atoms with Crippen molar-refractivity contribution in [1.29, 1.82) is 0 Å². The highest BCUT2D eigenvalue weighted by Crippen LogP contribution is 2.34. The molecule has 0 spiro atoms. The van der Waals surface area contributed by atoms with Crippen LogP contribution in [0, 0.1) is 0 Å². The Bertz CT molecular complexity index is 362. The molecule has 0 bridgehead atoms. The van der Waals surface area contributed by atoms with Crippen LogP contribution in [0.5, 0.6) is 0 Å². The van der Waals surface area contributed by atoms with E-state index in [1.165, 1.54) is 8.66 Å². The summed E-state index contributed by atoms with van der Waals surface area (Å²) in [5.74, 6) is 0. The van der Waals surface area contributed by atoms with E-state index in [4.69, 9.17) is 0 Å². The van der Waals surface area contributed by atoms with Crippen LogP contribution in [0.15, 0.2) is 15.9 Å². The highest BCUT2D eigenvalue weighted by molar-refractivity contribution is 9.11. The second-order valence-corrected chi connectivity index (χ2v) is 7.50. The molecule has 0 saturated carbocycles. The van der Waals surface area contributed by atoms with Gasteiger partial charge in [0.15, 0.2) is 0 Å². The molecule has 2 heterocycles. The van der Waals surface area contributed by atoms with E-state index in [1.54, 1.807) is 0 Å². The molecule has 0 aromatic carbocycles. The molecule has 1 aromatic rings. The van der Waals surface area contributed by atoms with Crippen molar-refractivity contribution >= 4 is 27.3 Å². The minimum Gasteiger partial charge on any atom is -0.314 e. The number of nitrogens with one attached hydrogen (secondary N) is 1. The molecule has 1 aliphatic rings. The van der Waals surface area contributed by atoms with E-state index in [9.17, 15) is 0 Å². The second kappa shape index (κ2) is 4.77. The fourth-order valence-corrected chi connectivity index (χ4v) is 3.91. The fourth-order valence-electron chi connectivity index (χ4n) is 2.42. The van der Waals surface area contributed by atoms with Crippen molar-refractivity contribution in [3.05, 3.63) is 20.8 Å². The molecule has 1 atom stereocenters. The fraction of sp³-hybridized carbons (Fsp3) is 0.667. The number of piperazine rings is 1. The molecule has 1 unspecified atom stereocenters. The number of rotatable bonds is 2. The maximum Gasteiger partial charge on any atom is 0.0701 e. The second-order valence-electron chi connectivity index (χ2n) is 5.00. The number of nitrogens with zero attached hydrogens (tertiary/aromatic N) is 1. The van der Waals surface area contributed by atoms with Gasteiger partial charge < -0.3 is 5.32 Å². The molecule has 1 N–H and O–H groups in total. The van der Waals surface area contributed by atoms with Crippen LogP contribution in [0.2, 0.25) is 0 Å². The molecule has 0 aliphatic carbocycles. The van der Waals surface area contributed by atoms with Gasteiger partial charge >= 0.3 is 0 Å². The lowest BCUT2D eigenvalue weighted by Crippen LogP contribution is -2.58. The number of hydrogen-bond donors (Lipinski definition) is 1. The van der Waals surface area contributed by atoms with Gasteiger partial charge in [-0.05, 0) is 48.8 Å². The van der Waals surface area contributed by atoms with Crippen molar-refractivity contribution in [3.8, 4) is 0 Å². The minimum atomic E-state index is 0.244. The normalized spacial score (nSPS) is 23.2.